The van der Waals surface area contributed by atoms with Crippen LogP contribution in [0, 0.1) is 6.92 Å². The van der Waals surface area contributed by atoms with Crippen molar-refractivity contribution in [2.45, 2.75) is 45.5 Å². The average molecular weight is 489 g/mol. The van der Waals surface area contributed by atoms with Gasteiger partial charge in [0.25, 0.3) is 5.91 Å². The molecule has 10 heteroatoms. The molecule has 2 aromatic heterocycles. The number of carbonyl (C=O) groups excluding carboxylic acids is 1. The average Bonchev–Trinajstić information content (AvgIpc) is 2.84. The van der Waals surface area contributed by atoms with E-state index >= 15 is 0 Å². The van der Waals surface area contributed by atoms with Crippen LogP contribution in [-0.2, 0) is 17.8 Å². The number of aryl methyl sites for hydroxylation is 1. The normalized spacial score (nSPS) is 12.3. The molecule has 0 aliphatic carbocycles. The van der Waals surface area contributed by atoms with E-state index in [0.29, 0.717) is 35.7 Å². The number of hydrogen-bond acceptors (Lipinski definition) is 6. The summed E-state index contributed by atoms with van der Waals surface area (Å²) in [6.45, 7) is 2.35. The number of halogens is 3. The van der Waals surface area contributed by atoms with Crippen molar-refractivity contribution in [3.05, 3.63) is 71.3 Å². The largest absolute Gasteiger partial charge is 0.480 e. The van der Waals surface area contributed by atoms with Crippen molar-refractivity contribution in [1.82, 2.24) is 20.3 Å². The molecule has 1 N–H and O–H groups in total. The van der Waals surface area contributed by atoms with Crippen molar-refractivity contribution in [1.29, 1.82) is 0 Å². The summed E-state index contributed by atoms with van der Waals surface area (Å²) in [5.74, 6) is 0.111. The van der Waals surface area contributed by atoms with Gasteiger partial charge in [-0.05, 0) is 43.0 Å². The zero-order valence-electron chi connectivity index (χ0n) is 19.7. The van der Waals surface area contributed by atoms with Crippen LogP contribution in [0.5, 0.6) is 5.88 Å². The zero-order chi connectivity index (χ0) is 25.4. The summed E-state index contributed by atoms with van der Waals surface area (Å²) < 4.78 is 46.3. The van der Waals surface area contributed by atoms with E-state index in [4.69, 9.17) is 4.74 Å². The Morgan fingerprint density at radius 1 is 1.09 bits per heavy atom. The maximum atomic E-state index is 12.8. The minimum absolute atomic E-state index is 0.164. The molecule has 0 aliphatic rings. The van der Waals surface area contributed by atoms with E-state index in [9.17, 15) is 18.0 Å². The Kier molecular flexibility index (Phi) is 8.75. The Bertz CT molecular complexity index is 1120. The van der Waals surface area contributed by atoms with Gasteiger partial charge in [0, 0.05) is 17.8 Å². The second-order valence-electron chi connectivity index (χ2n) is 7.97. The number of amides is 1. The van der Waals surface area contributed by atoms with Gasteiger partial charge in [0.05, 0.1) is 43.1 Å². The Hall–Kier alpha value is -3.53. The van der Waals surface area contributed by atoms with Gasteiger partial charge in [0.15, 0.2) is 0 Å². The SMILES string of the molecule is CC[C@H](Cc1c(C)cccc1-c1cnc(OC)cn1)NC(=O)c1ccc(COCC(F)(F)F)nc1. The van der Waals surface area contributed by atoms with Crippen LogP contribution in [0.3, 0.4) is 0 Å². The van der Waals surface area contributed by atoms with Crippen LogP contribution in [0.4, 0.5) is 13.2 Å². The molecule has 35 heavy (non-hydrogen) atoms. The lowest BCUT2D eigenvalue weighted by Gasteiger charge is -2.20. The molecule has 0 saturated heterocycles. The maximum Gasteiger partial charge on any atom is 0.411 e. The highest BCUT2D eigenvalue weighted by atomic mass is 19.4. The van der Waals surface area contributed by atoms with Crippen molar-refractivity contribution in [2.24, 2.45) is 0 Å². The number of nitrogens with zero attached hydrogens (tertiary/aromatic N) is 3. The predicted molar refractivity (Wildman–Crippen MR) is 124 cm³/mol. The van der Waals surface area contributed by atoms with E-state index in [1.54, 1.807) is 12.4 Å². The number of carbonyl (C=O) groups is 1. The fourth-order valence-electron chi connectivity index (χ4n) is 3.50. The molecule has 0 saturated carbocycles. The molecular formula is C25H27F3N4O3. The summed E-state index contributed by atoms with van der Waals surface area (Å²) in [7, 11) is 1.53. The number of pyridine rings is 1. The van der Waals surface area contributed by atoms with Gasteiger partial charge < -0.3 is 14.8 Å². The molecule has 3 rings (SSSR count). The third-order valence-electron chi connectivity index (χ3n) is 5.40. The summed E-state index contributed by atoms with van der Waals surface area (Å²) >= 11 is 0. The van der Waals surface area contributed by atoms with Crippen LogP contribution in [0.2, 0.25) is 0 Å². The third kappa shape index (κ3) is 7.48. The van der Waals surface area contributed by atoms with Gasteiger partial charge in [-0.15, -0.1) is 0 Å². The van der Waals surface area contributed by atoms with Crippen molar-refractivity contribution < 1.29 is 27.4 Å². The Labute approximate surface area is 201 Å². The van der Waals surface area contributed by atoms with Crippen LogP contribution >= 0.6 is 0 Å². The topological polar surface area (TPSA) is 86.2 Å². The predicted octanol–water partition coefficient (Wildman–Crippen LogP) is 4.69. The molecule has 0 aliphatic heterocycles. The lowest BCUT2D eigenvalue weighted by molar-refractivity contribution is -0.176. The first kappa shape index (κ1) is 26.1. The second-order valence-corrected chi connectivity index (χ2v) is 7.97. The van der Waals surface area contributed by atoms with E-state index in [1.807, 2.05) is 32.0 Å². The summed E-state index contributed by atoms with van der Waals surface area (Å²) in [6, 6.07) is 8.76. The van der Waals surface area contributed by atoms with Crippen molar-refractivity contribution in [3.8, 4) is 17.1 Å². The minimum atomic E-state index is -4.40. The van der Waals surface area contributed by atoms with E-state index in [-0.39, 0.29) is 18.6 Å². The van der Waals surface area contributed by atoms with Crippen molar-refractivity contribution >= 4 is 5.91 Å². The second kappa shape index (κ2) is 11.7. The summed E-state index contributed by atoms with van der Waals surface area (Å²) in [5, 5.41) is 3.02. The number of hydrogen-bond donors (Lipinski definition) is 1. The lowest BCUT2D eigenvalue weighted by Crippen LogP contribution is -2.36. The van der Waals surface area contributed by atoms with Crippen molar-refractivity contribution in [2.75, 3.05) is 13.7 Å². The zero-order valence-corrected chi connectivity index (χ0v) is 19.7. The molecule has 0 radical (unpaired) electrons. The first-order chi connectivity index (χ1) is 16.7. The fourth-order valence-corrected chi connectivity index (χ4v) is 3.50. The van der Waals surface area contributed by atoms with Gasteiger partial charge in [-0.2, -0.15) is 13.2 Å². The smallest absolute Gasteiger partial charge is 0.411 e. The van der Waals surface area contributed by atoms with Gasteiger partial charge in [-0.1, -0.05) is 25.1 Å². The molecule has 1 atom stereocenters. The van der Waals surface area contributed by atoms with Crippen LogP contribution in [-0.4, -0.2) is 46.8 Å². The first-order valence-corrected chi connectivity index (χ1v) is 11.0. The van der Waals surface area contributed by atoms with Gasteiger partial charge in [-0.25, -0.2) is 9.97 Å². The molecular weight excluding hydrogens is 461 g/mol. The van der Waals surface area contributed by atoms with E-state index in [1.165, 1.54) is 25.4 Å². The minimum Gasteiger partial charge on any atom is -0.480 e. The Balaban J connectivity index is 1.68. The molecule has 1 amide bonds. The van der Waals surface area contributed by atoms with Crippen molar-refractivity contribution in [3.63, 3.8) is 0 Å². The third-order valence-corrected chi connectivity index (χ3v) is 5.40. The molecule has 0 spiro atoms. The summed E-state index contributed by atoms with van der Waals surface area (Å²) in [6.07, 6.45) is 1.42. The first-order valence-electron chi connectivity index (χ1n) is 11.0. The molecule has 7 nitrogen and oxygen atoms in total. The lowest BCUT2D eigenvalue weighted by atomic mass is 9.93. The van der Waals surface area contributed by atoms with E-state index in [2.05, 4.69) is 25.0 Å². The number of methoxy groups -OCH3 is 1. The number of rotatable bonds is 10. The number of benzene rings is 1. The maximum absolute atomic E-state index is 12.8. The molecule has 0 bridgehead atoms. The summed E-state index contributed by atoms with van der Waals surface area (Å²) in [5.41, 5.74) is 4.38. The summed E-state index contributed by atoms with van der Waals surface area (Å²) in [4.78, 5) is 25.5. The van der Waals surface area contributed by atoms with Gasteiger partial charge in [-0.3, -0.25) is 9.78 Å². The Morgan fingerprint density at radius 2 is 1.89 bits per heavy atom. The molecule has 3 aromatic rings. The quantitative estimate of drug-likeness (QED) is 0.446. The highest BCUT2D eigenvalue weighted by Crippen LogP contribution is 2.26. The standard InChI is InChI=1S/C25H27F3N4O3/c1-4-18(32-24(33)17-8-9-19(29-11-17)14-35-15-25(26,27)28)10-21-16(2)6-5-7-20(21)22-12-31-23(34-3)13-30-22/h5-9,11-13,18H,4,10,14-15H2,1-3H3,(H,32,33)/t18-/m1/s1. The fraction of sp³-hybridized carbons (Fsp3) is 0.360. The van der Waals surface area contributed by atoms with Crippen LogP contribution < -0.4 is 10.1 Å². The highest BCUT2D eigenvalue weighted by Gasteiger charge is 2.27. The number of ether oxygens (including phenoxy) is 2. The van der Waals surface area contributed by atoms with Crippen LogP contribution in [0.15, 0.2) is 48.9 Å². The molecule has 2 heterocycles. The number of nitrogens with one attached hydrogen (secondary N) is 1. The molecule has 1 aromatic carbocycles. The number of aromatic nitrogens is 3. The number of alkyl halides is 3. The van der Waals surface area contributed by atoms with Gasteiger partial charge >= 0.3 is 6.18 Å². The van der Waals surface area contributed by atoms with Gasteiger partial charge in [0.2, 0.25) is 5.88 Å². The molecule has 186 valence electrons. The van der Waals surface area contributed by atoms with E-state index < -0.39 is 12.8 Å². The molecule has 0 fully saturated rings. The van der Waals surface area contributed by atoms with E-state index in [0.717, 1.165) is 16.7 Å². The van der Waals surface area contributed by atoms with Crippen LogP contribution in [0.25, 0.3) is 11.3 Å². The Morgan fingerprint density at radius 3 is 2.49 bits per heavy atom. The monoisotopic (exact) mass is 488 g/mol. The van der Waals surface area contributed by atoms with Gasteiger partial charge in [0.1, 0.15) is 6.61 Å². The molecule has 0 unspecified atom stereocenters. The highest BCUT2D eigenvalue weighted by molar-refractivity contribution is 5.94. The van der Waals surface area contributed by atoms with Crippen LogP contribution in [0.1, 0.15) is 40.5 Å².